The molecule has 4 rings (SSSR count). The first kappa shape index (κ1) is 20.8. The Balaban J connectivity index is 2.12. The van der Waals surface area contributed by atoms with Crippen LogP contribution in [0.25, 0.3) is 27.7 Å². The highest BCUT2D eigenvalue weighted by atomic mass is 35.5. The Morgan fingerprint density at radius 2 is 1.71 bits per heavy atom. The largest absolute Gasteiger partial charge is 0.411 e. The lowest BCUT2D eigenvalue weighted by Crippen LogP contribution is -2.23. The summed E-state index contributed by atoms with van der Waals surface area (Å²) in [6.07, 6.45) is 0.695. The molecule has 0 spiro atoms. The molecule has 31 heavy (non-hydrogen) atoms. The normalized spacial score (nSPS) is 11.6. The first-order valence-electron chi connectivity index (χ1n) is 9.20. The number of fused-ring (bicyclic) bond motifs is 1. The van der Waals surface area contributed by atoms with Crippen LogP contribution in [0.15, 0.2) is 70.6 Å². The summed E-state index contributed by atoms with van der Waals surface area (Å²) in [4.78, 5) is 24.8. The summed E-state index contributed by atoms with van der Waals surface area (Å²) in [5.41, 5.74) is 2.14. The van der Waals surface area contributed by atoms with Crippen LogP contribution in [0.5, 0.6) is 0 Å². The molecule has 0 aliphatic heterocycles. The van der Waals surface area contributed by atoms with Crippen molar-refractivity contribution in [2.75, 3.05) is 0 Å². The molecule has 0 aliphatic carbocycles. The van der Waals surface area contributed by atoms with Gasteiger partial charge in [-0.2, -0.15) is 9.78 Å². The van der Waals surface area contributed by atoms with Crippen molar-refractivity contribution in [2.24, 2.45) is 5.16 Å². The number of carbonyl (C=O) groups excluding carboxylic acids is 1. The lowest BCUT2D eigenvalue weighted by Gasteiger charge is -2.14. The van der Waals surface area contributed by atoms with Gasteiger partial charge in [0.1, 0.15) is 12.0 Å². The van der Waals surface area contributed by atoms with Crippen molar-refractivity contribution in [3.63, 3.8) is 0 Å². The van der Waals surface area contributed by atoms with E-state index in [2.05, 4.69) is 10.3 Å². The van der Waals surface area contributed by atoms with E-state index in [1.165, 1.54) is 4.68 Å². The Morgan fingerprint density at radius 1 is 1.03 bits per heavy atom. The van der Waals surface area contributed by atoms with Crippen LogP contribution < -0.4 is 5.56 Å². The van der Waals surface area contributed by atoms with E-state index in [-0.39, 0.29) is 21.3 Å². The van der Waals surface area contributed by atoms with E-state index in [9.17, 15) is 14.8 Å². The number of rotatable bonds is 4. The molecule has 0 saturated carbocycles. The fraction of sp³-hybridized carbons (Fsp3) is 0.0435. The molecule has 3 aromatic carbocycles. The highest BCUT2D eigenvalue weighted by Crippen LogP contribution is 2.31. The van der Waals surface area contributed by atoms with Crippen LogP contribution in [0.1, 0.15) is 22.8 Å². The van der Waals surface area contributed by atoms with Crippen LogP contribution in [-0.4, -0.2) is 27.0 Å². The smallest absolute Gasteiger partial charge is 0.279 e. The SMILES string of the molecule is CC(=NO)c1cc(C=O)cc(-c2nn(-c3c(Cl)cccc3Cl)c(=O)c3ccccc23)c1. The molecule has 0 radical (unpaired) electrons. The molecule has 0 unspecified atom stereocenters. The molecule has 0 amide bonds. The number of para-hydroxylation sites is 1. The maximum absolute atomic E-state index is 13.2. The van der Waals surface area contributed by atoms with E-state index < -0.39 is 0 Å². The predicted octanol–water partition coefficient (Wildman–Crippen LogP) is 5.37. The molecule has 154 valence electrons. The van der Waals surface area contributed by atoms with Crippen LogP contribution in [0.3, 0.4) is 0 Å². The van der Waals surface area contributed by atoms with Gasteiger partial charge in [-0.25, -0.2) is 0 Å². The average Bonchev–Trinajstić information content (AvgIpc) is 2.79. The van der Waals surface area contributed by atoms with Gasteiger partial charge < -0.3 is 5.21 Å². The van der Waals surface area contributed by atoms with E-state index >= 15 is 0 Å². The third kappa shape index (κ3) is 3.71. The minimum absolute atomic E-state index is 0.266. The van der Waals surface area contributed by atoms with Gasteiger partial charge in [0.25, 0.3) is 5.56 Å². The second-order valence-electron chi connectivity index (χ2n) is 6.83. The molecule has 8 heteroatoms. The van der Waals surface area contributed by atoms with Crippen LogP contribution in [0.4, 0.5) is 0 Å². The van der Waals surface area contributed by atoms with Crippen molar-refractivity contribution >= 4 is 46.0 Å². The van der Waals surface area contributed by atoms with Gasteiger partial charge >= 0.3 is 0 Å². The summed E-state index contributed by atoms with van der Waals surface area (Å²) >= 11 is 12.7. The van der Waals surface area contributed by atoms with Crippen LogP contribution in [0.2, 0.25) is 10.0 Å². The van der Waals surface area contributed by atoms with Gasteiger partial charge in [-0.05, 0) is 43.3 Å². The summed E-state index contributed by atoms with van der Waals surface area (Å²) in [5.74, 6) is 0. The van der Waals surface area contributed by atoms with Gasteiger partial charge in [-0.3, -0.25) is 9.59 Å². The van der Waals surface area contributed by atoms with Crippen molar-refractivity contribution in [1.29, 1.82) is 0 Å². The van der Waals surface area contributed by atoms with E-state index in [1.54, 1.807) is 67.6 Å². The van der Waals surface area contributed by atoms with E-state index in [0.717, 1.165) is 0 Å². The van der Waals surface area contributed by atoms with Gasteiger partial charge in [0, 0.05) is 22.1 Å². The fourth-order valence-electron chi connectivity index (χ4n) is 3.37. The third-order valence-corrected chi connectivity index (χ3v) is 5.50. The predicted molar refractivity (Wildman–Crippen MR) is 122 cm³/mol. The summed E-state index contributed by atoms with van der Waals surface area (Å²) in [6.45, 7) is 1.61. The number of benzene rings is 3. The van der Waals surface area contributed by atoms with Crippen molar-refractivity contribution in [3.05, 3.63) is 92.2 Å². The number of halogens is 2. The van der Waals surface area contributed by atoms with E-state index in [0.29, 0.717) is 45.2 Å². The maximum Gasteiger partial charge on any atom is 0.279 e. The summed E-state index contributed by atoms with van der Waals surface area (Å²) in [5, 5.41) is 18.5. The minimum Gasteiger partial charge on any atom is -0.411 e. The van der Waals surface area contributed by atoms with Gasteiger partial charge in [0.05, 0.1) is 26.8 Å². The Hall–Kier alpha value is -3.48. The van der Waals surface area contributed by atoms with Crippen molar-refractivity contribution in [3.8, 4) is 16.9 Å². The van der Waals surface area contributed by atoms with E-state index in [1.807, 2.05) is 0 Å². The number of aromatic nitrogens is 2. The second-order valence-corrected chi connectivity index (χ2v) is 7.64. The molecule has 1 heterocycles. The second kappa shape index (κ2) is 8.34. The molecular formula is C23H15Cl2N3O3. The van der Waals surface area contributed by atoms with Crippen LogP contribution >= 0.6 is 23.2 Å². The number of nitrogens with zero attached hydrogens (tertiary/aromatic N) is 3. The highest BCUT2D eigenvalue weighted by molar-refractivity contribution is 6.37. The molecule has 0 aliphatic rings. The fourth-order valence-corrected chi connectivity index (χ4v) is 3.93. The van der Waals surface area contributed by atoms with Gasteiger partial charge in [-0.1, -0.05) is 52.6 Å². The minimum atomic E-state index is -0.380. The molecule has 0 saturated heterocycles. The average molecular weight is 452 g/mol. The van der Waals surface area contributed by atoms with E-state index in [4.69, 9.17) is 23.2 Å². The number of aldehydes is 1. The first-order chi connectivity index (χ1) is 14.9. The highest BCUT2D eigenvalue weighted by Gasteiger charge is 2.18. The van der Waals surface area contributed by atoms with Gasteiger partial charge in [0.15, 0.2) is 0 Å². The lowest BCUT2D eigenvalue weighted by molar-refractivity contribution is 0.112. The Morgan fingerprint density at radius 3 is 2.35 bits per heavy atom. The zero-order chi connectivity index (χ0) is 22.1. The molecular weight excluding hydrogens is 437 g/mol. The lowest BCUT2D eigenvalue weighted by atomic mass is 9.99. The number of oxime groups is 1. The molecule has 1 aromatic heterocycles. The third-order valence-electron chi connectivity index (χ3n) is 4.89. The van der Waals surface area contributed by atoms with Crippen molar-refractivity contribution in [2.45, 2.75) is 6.92 Å². The molecule has 0 atom stereocenters. The zero-order valence-electron chi connectivity index (χ0n) is 16.2. The van der Waals surface area contributed by atoms with Gasteiger partial charge in [-0.15, -0.1) is 0 Å². The molecule has 0 bridgehead atoms. The standard InChI is InChI=1S/C23H15Cl2N3O3/c1-13(27-31)15-9-14(12-29)10-16(11-15)21-17-5-2-3-6-18(17)23(30)28(26-21)22-19(24)7-4-8-20(22)25/h2-12,31H,1H3. The first-order valence-corrected chi connectivity index (χ1v) is 9.96. The number of hydrogen-bond donors (Lipinski definition) is 1. The number of carbonyl (C=O) groups is 1. The van der Waals surface area contributed by atoms with Gasteiger partial charge in [0.2, 0.25) is 0 Å². The maximum atomic E-state index is 13.2. The zero-order valence-corrected chi connectivity index (χ0v) is 17.7. The summed E-state index contributed by atoms with van der Waals surface area (Å²) in [7, 11) is 0. The molecule has 0 fully saturated rings. The summed E-state index contributed by atoms with van der Waals surface area (Å²) < 4.78 is 1.17. The molecule has 4 aromatic rings. The summed E-state index contributed by atoms with van der Waals surface area (Å²) in [6, 6.07) is 16.9. The topological polar surface area (TPSA) is 84.6 Å². The molecule has 6 nitrogen and oxygen atoms in total. The Labute approximate surface area is 187 Å². The number of hydrogen-bond acceptors (Lipinski definition) is 5. The monoisotopic (exact) mass is 451 g/mol. The van der Waals surface area contributed by atoms with Crippen LogP contribution in [0, 0.1) is 0 Å². The van der Waals surface area contributed by atoms with Crippen molar-refractivity contribution < 1.29 is 10.0 Å². The quantitative estimate of drug-likeness (QED) is 0.195. The molecule has 1 N–H and O–H groups in total. The van der Waals surface area contributed by atoms with Crippen molar-refractivity contribution in [1.82, 2.24) is 9.78 Å². The van der Waals surface area contributed by atoms with Crippen LogP contribution in [-0.2, 0) is 0 Å². The Kier molecular flexibility index (Phi) is 5.59. The Bertz CT molecular complexity index is 1410.